The summed E-state index contributed by atoms with van der Waals surface area (Å²) in [4.78, 5) is 31.2. The predicted molar refractivity (Wildman–Crippen MR) is 100 cm³/mol. The van der Waals surface area contributed by atoms with E-state index in [4.69, 9.17) is 4.74 Å². The van der Waals surface area contributed by atoms with E-state index in [1.54, 1.807) is 31.0 Å². The van der Waals surface area contributed by atoms with E-state index in [0.717, 1.165) is 23.2 Å². The van der Waals surface area contributed by atoms with Gasteiger partial charge in [-0.3, -0.25) is 9.59 Å². The Labute approximate surface area is 153 Å². The molecule has 3 rings (SSSR count). The molecule has 26 heavy (non-hydrogen) atoms. The van der Waals surface area contributed by atoms with Gasteiger partial charge in [0.05, 0.1) is 7.11 Å². The summed E-state index contributed by atoms with van der Waals surface area (Å²) in [5.41, 5.74) is 1.54. The summed E-state index contributed by atoms with van der Waals surface area (Å²) in [6, 6.07) is 7.14. The predicted octanol–water partition coefficient (Wildman–Crippen LogP) is 1.03. The van der Waals surface area contributed by atoms with Gasteiger partial charge in [0.1, 0.15) is 17.5 Å². The number of nitrogens with zero attached hydrogens (tertiary/aromatic N) is 4. The van der Waals surface area contributed by atoms with E-state index in [1.165, 1.54) is 0 Å². The van der Waals surface area contributed by atoms with Crippen LogP contribution in [0.3, 0.4) is 0 Å². The maximum atomic E-state index is 13.3. The monoisotopic (exact) mass is 358 g/mol. The Morgan fingerprint density at radius 1 is 1.15 bits per heavy atom. The van der Waals surface area contributed by atoms with Gasteiger partial charge in [0, 0.05) is 51.7 Å². The standard InChI is InChI=1S/C19H26N4O3/c1-20(2)18(24)17-12-21(3)8-9-23(17)19(25)16-11-13-10-14(26-5)6-7-15(13)22(16)4/h6-7,10-11,17H,8-9,12H2,1-5H3. The summed E-state index contributed by atoms with van der Waals surface area (Å²) in [5.74, 6) is 0.587. The normalized spacial score (nSPS) is 18.2. The highest BCUT2D eigenvalue weighted by atomic mass is 16.5. The zero-order valence-electron chi connectivity index (χ0n) is 16.0. The molecule has 2 heterocycles. The second-order valence-electron chi connectivity index (χ2n) is 7.02. The number of ether oxygens (including phenoxy) is 1. The lowest BCUT2D eigenvalue weighted by molar-refractivity contribution is -0.135. The van der Waals surface area contributed by atoms with Gasteiger partial charge in [0.25, 0.3) is 5.91 Å². The van der Waals surface area contributed by atoms with Crippen molar-refractivity contribution < 1.29 is 14.3 Å². The van der Waals surface area contributed by atoms with Crippen LogP contribution in [0.4, 0.5) is 0 Å². The van der Waals surface area contributed by atoms with E-state index in [2.05, 4.69) is 4.90 Å². The van der Waals surface area contributed by atoms with Crippen LogP contribution in [-0.4, -0.2) is 85.0 Å². The fourth-order valence-electron chi connectivity index (χ4n) is 3.48. The largest absolute Gasteiger partial charge is 0.497 e. The molecule has 1 aliphatic heterocycles. The second-order valence-corrected chi connectivity index (χ2v) is 7.02. The van der Waals surface area contributed by atoms with E-state index in [0.29, 0.717) is 18.8 Å². The minimum Gasteiger partial charge on any atom is -0.497 e. The number of aromatic nitrogens is 1. The first kappa shape index (κ1) is 18.3. The molecule has 1 saturated heterocycles. The van der Waals surface area contributed by atoms with Crippen LogP contribution in [0.2, 0.25) is 0 Å². The third-order valence-electron chi connectivity index (χ3n) is 5.04. The number of fused-ring (bicyclic) bond motifs is 1. The van der Waals surface area contributed by atoms with Crippen LogP contribution in [0, 0.1) is 0 Å². The Balaban J connectivity index is 1.97. The summed E-state index contributed by atoms with van der Waals surface area (Å²) in [7, 11) is 8.92. The lowest BCUT2D eigenvalue weighted by Crippen LogP contribution is -2.59. The van der Waals surface area contributed by atoms with Gasteiger partial charge in [0.2, 0.25) is 5.91 Å². The Bertz CT molecular complexity index is 843. The van der Waals surface area contributed by atoms with Crippen molar-refractivity contribution in [2.75, 3.05) is 47.9 Å². The van der Waals surface area contributed by atoms with E-state index >= 15 is 0 Å². The number of piperazine rings is 1. The van der Waals surface area contributed by atoms with Crippen LogP contribution in [0.15, 0.2) is 24.3 Å². The minimum absolute atomic E-state index is 0.0506. The van der Waals surface area contributed by atoms with Crippen LogP contribution < -0.4 is 4.74 Å². The first-order chi connectivity index (χ1) is 12.3. The van der Waals surface area contributed by atoms with Crippen molar-refractivity contribution in [3.8, 4) is 5.75 Å². The third-order valence-corrected chi connectivity index (χ3v) is 5.04. The molecule has 7 nitrogen and oxygen atoms in total. The van der Waals surface area contributed by atoms with Gasteiger partial charge < -0.3 is 24.0 Å². The van der Waals surface area contributed by atoms with Crippen molar-refractivity contribution >= 4 is 22.7 Å². The molecule has 0 N–H and O–H groups in total. The zero-order chi connectivity index (χ0) is 19.0. The fourth-order valence-corrected chi connectivity index (χ4v) is 3.48. The molecular formula is C19H26N4O3. The molecular weight excluding hydrogens is 332 g/mol. The van der Waals surface area contributed by atoms with Crippen LogP contribution in [0.25, 0.3) is 10.9 Å². The van der Waals surface area contributed by atoms with Gasteiger partial charge in [-0.15, -0.1) is 0 Å². The molecule has 0 bridgehead atoms. The number of hydrogen-bond donors (Lipinski definition) is 0. The number of amides is 2. The molecule has 2 amide bonds. The van der Waals surface area contributed by atoms with Gasteiger partial charge in [-0.05, 0) is 31.3 Å². The van der Waals surface area contributed by atoms with Crippen LogP contribution in [0.5, 0.6) is 5.75 Å². The average molecular weight is 358 g/mol. The fraction of sp³-hybridized carbons (Fsp3) is 0.474. The Kier molecular flexibility index (Phi) is 4.91. The summed E-state index contributed by atoms with van der Waals surface area (Å²) in [6.07, 6.45) is 0. The highest BCUT2D eigenvalue weighted by molar-refractivity contribution is 6.01. The van der Waals surface area contributed by atoms with Crippen molar-refractivity contribution in [3.05, 3.63) is 30.0 Å². The molecule has 0 radical (unpaired) electrons. The van der Waals surface area contributed by atoms with Crippen molar-refractivity contribution in [1.82, 2.24) is 19.3 Å². The van der Waals surface area contributed by atoms with Gasteiger partial charge in [-0.25, -0.2) is 0 Å². The molecule has 0 saturated carbocycles. The van der Waals surface area contributed by atoms with Crippen LogP contribution >= 0.6 is 0 Å². The van der Waals surface area contributed by atoms with Gasteiger partial charge in [-0.2, -0.15) is 0 Å². The van der Waals surface area contributed by atoms with Gasteiger partial charge >= 0.3 is 0 Å². The molecule has 0 aliphatic carbocycles. The SMILES string of the molecule is COc1ccc2c(c1)cc(C(=O)N1CCN(C)CC1C(=O)N(C)C)n2C. The zero-order valence-corrected chi connectivity index (χ0v) is 16.0. The molecule has 7 heteroatoms. The van der Waals surface area contributed by atoms with Crippen molar-refractivity contribution in [2.24, 2.45) is 7.05 Å². The molecule has 1 aromatic heterocycles. The number of carbonyl (C=O) groups excluding carboxylic acids is 2. The smallest absolute Gasteiger partial charge is 0.271 e. The molecule has 1 atom stereocenters. The number of methoxy groups -OCH3 is 1. The molecule has 1 fully saturated rings. The number of hydrogen-bond acceptors (Lipinski definition) is 4. The average Bonchev–Trinajstić information content (AvgIpc) is 2.96. The minimum atomic E-state index is -0.469. The molecule has 140 valence electrons. The highest BCUT2D eigenvalue weighted by Crippen LogP contribution is 2.25. The topological polar surface area (TPSA) is 58.0 Å². The lowest BCUT2D eigenvalue weighted by Gasteiger charge is -2.40. The summed E-state index contributed by atoms with van der Waals surface area (Å²) in [6.45, 7) is 1.83. The second kappa shape index (κ2) is 6.99. The summed E-state index contributed by atoms with van der Waals surface area (Å²) in [5, 5.41) is 0.944. The summed E-state index contributed by atoms with van der Waals surface area (Å²) < 4.78 is 7.16. The number of carbonyl (C=O) groups is 2. The Hall–Kier alpha value is -2.54. The van der Waals surface area contributed by atoms with E-state index in [1.807, 2.05) is 42.9 Å². The van der Waals surface area contributed by atoms with Crippen molar-refractivity contribution in [2.45, 2.75) is 6.04 Å². The lowest BCUT2D eigenvalue weighted by atomic mass is 10.1. The van der Waals surface area contributed by atoms with Gasteiger partial charge in [-0.1, -0.05) is 0 Å². The Morgan fingerprint density at radius 3 is 2.54 bits per heavy atom. The molecule has 1 aliphatic rings. The first-order valence-corrected chi connectivity index (χ1v) is 8.67. The Morgan fingerprint density at radius 2 is 1.88 bits per heavy atom. The van der Waals surface area contributed by atoms with E-state index in [9.17, 15) is 9.59 Å². The highest BCUT2D eigenvalue weighted by Gasteiger charge is 2.36. The number of likely N-dealkylation sites (N-methyl/N-ethyl adjacent to an activating group) is 2. The van der Waals surface area contributed by atoms with E-state index < -0.39 is 6.04 Å². The van der Waals surface area contributed by atoms with E-state index in [-0.39, 0.29) is 11.8 Å². The molecule has 1 aromatic carbocycles. The number of rotatable bonds is 3. The van der Waals surface area contributed by atoms with Crippen LogP contribution in [-0.2, 0) is 11.8 Å². The van der Waals surface area contributed by atoms with Crippen LogP contribution in [0.1, 0.15) is 10.5 Å². The number of aryl methyl sites for hydroxylation is 1. The molecule has 1 unspecified atom stereocenters. The van der Waals surface area contributed by atoms with Crippen molar-refractivity contribution in [3.63, 3.8) is 0 Å². The third kappa shape index (κ3) is 3.14. The first-order valence-electron chi connectivity index (χ1n) is 8.67. The quantitative estimate of drug-likeness (QED) is 0.822. The molecule has 0 spiro atoms. The maximum absolute atomic E-state index is 13.3. The maximum Gasteiger partial charge on any atom is 0.271 e. The van der Waals surface area contributed by atoms with Crippen molar-refractivity contribution in [1.29, 1.82) is 0 Å². The molecule has 2 aromatic rings. The van der Waals surface area contributed by atoms with Gasteiger partial charge in [0.15, 0.2) is 0 Å². The number of benzene rings is 1. The summed E-state index contributed by atoms with van der Waals surface area (Å²) >= 11 is 0.